The Kier molecular flexibility index (Phi) is 5.68. The van der Waals surface area contributed by atoms with Crippen LogP contribution in [0.3, 0.4) is 0 Å². The van der Waals surface area contributed by atoms with Crippen LogP contribution in [0.1, 0.15) is 44.6 Å². The van der Waals surface area contributed by atoms with Crippen molar-refractivity contribution >= 4 is 11.6 Å². The van der Waals surface area contributed by atoms with Crippen LogP contribution in [0.5, 0.6) is 0 Å². The van der Waals surface area contributed by atoms with Gasteiger partial charge in [0.2, 0.25) is 5.91 Å². The summed E-state index contributed by atoms with van der Waals surface area (Å²) >= 11 is 0. The Balaban J connectivity index is 1.57. The fourth-order valence-corrected chi connectivity index (χ4v) is 3.74. The molecule has 2 heterocycles. The molecule has 2 aliphatic heterocycles. The normalized spacial score (nSPS) is 26.0. The topological polar surface area (TPSA) is 44.4 Å². The monoisotopic (exact) mass is 315 g/mol. The lowest BCUT2D eigenvalue weighted by Crippen LogP contribution is -2.40. The van der Waals surface area contributed by atoms with Gasteiger partial charge < -0.3 is 10.6 Å². The van der Waals surface area contributed by atoms with E-state index in [1.165, 1.54) is 37.9 Å². The molecule has 4 nitrogen and oxygen atoms in total. The predicted octanol–water partition coefficient (Wildman–Crippen LogP) is 3.00. The molecule has 0 aromatic heterocycles. The Morgan fingerprint density at radius 1 is 1.30 bits per heavy atom. The number of carbonyl (C=O) groups is 1. The molecule has 2 N–H and O–H groups in total. The quantitative estimate of drug-likeness (QED) is 0.898. The van der Waals surface area contributed by atoms with E-state index in [9.17, 15) is 4.79 Å². The molecule has 0 radical (unpaired) electrons. The summed E-state index contributed by atoms with van der Waals surface area (Å²) in [5.41, 5.74) is 2.24. The summed E-state index contributed by atoms with van der Waals surface area (Å²) < 4.78 is 0. The van der Waals surface area contributed by atoms with Crippen LogP contribution in [-0.2, 0) is 11.3 Å². The van der Waals surface area contributed by atoms with Crippen molar-refractivity contribution in [3.63, 3.8) is 0 Å². The fraction of sp³-hybridized carbons (Fsp3) is 0.632. The Morgan fingerprint density at radius 3 is 2.91 bits per heavy atom. The predicted molar refractivity (Wildman–Crippen MR) is 94.4 cm³/mol. The van der Waals surface area contributed by atoms with Gasteiger partial charge in [-0.25, -0.2) is 0 Å². The van der Waals surface area contributed by atoms with E-state index < -0.39 is 0 Å². The minimum Gasteiger partial charge on any atom is -0.326 e. The zero-order chi connectivity index (χ0) is 16.1. The highest BCUT2D eigenvalue weighted by atomic mass is 16.1. The van der Waals surface area contributed by atoms with E-state index in [2.05, 4.69) is 40.7 Å². The first-order chi connectivity index (χ1) is 11.2. The molecule has 126 valence electrons. The second-order valence-electron chi connectivity index (χ2n) is 7.10. The average molecular weight is 315 g/mol. The summed E-state index contributed by atoms with van der Waals surface area (Å²) in [5.74, 6) is 0.311. The van der Waals surface area contributed by atoms with Gasteiger partial charge in [0.15, 0.2) is 0 Å². The van der Waals surface area contributed by atoms with Gasteiger partial charge in [0.05, 0.1) is 0 Å². The van der Waals surface area contributed by atoms with E-state index in [0.29, 0.717) is 6.04 Å². The van der Waals surface area contributed by atoms with Crippen LogP contribution in [0.2, 0.25) is 0 Å². The minimum absolute atomic E-state index is 0.136. The number of rotatable bonds is 4. The molecule has 2 aliphatic rings. The molecule has 2 atom stereocenters. The molecule has 23 heavy (non-hydrogen) atoms. The van der Waals surface area contributed by atoms with Gasteiger partial charge in [0.1, 0.15) is 0 Å². The Morgan fingerprint density at radius 2 is 2.13 bits per heavy atom. The third-order valence-electron chi connectivity index (χ3n) is 5.04. The number of nitrogens with zero attached hydrogens (tertiary/aromatic N) is 1. The van der Waals surface area contributed by atoms with Crippen LogP contribution in [0.4, 0.5) is 5.69 Å². The first-order valence-corrected chi connectivity index (χ1v) is 9.06. The minimum atomic E-state index is 0.136. The second kappa shape index (κ2) is 7.93. The van der Waals surface area contributed by atoms with Crippen LogP contribution in [0.15, 0.2) is 24.3 Å². The van der Waals surface area contributed by atoms with E-state index in [1.807, 2.05) is 6.07 Å². The Hall–Kier alpha value is -1.39. The van der Waals surface area contributed by atoms with Gasteiger partial charge in [-0.3, -0.25) is 9.69 Å². The molecule has 0 saturated carbocycles. The summed E-state index contributed by atoms with van der Waals surface area (Å²) in [6.45, 7) is 6.48. The lowest BCUT2D eigenvalue weighted by Gasteiger charge is -2.27. The highest BCUT2D eigenvalue weighted by Crippen LogP contribution is 2.20. The maximum absolute atomic E-state index is 12.5. The summed E-state index contributed by atoms with van der Waals surface area (Å²) in [6, 6.07) is 8.79. The van der Waals surface area contributed by atoms with Crippen molar-refractivity contribution in [1.29, 1.82) is 0 Å². The number of carbonyl (C=O) groups excluding carboxylic acids is 1. The zero-order valence-electron chi connectivity index (χ0n) is 14.2. The molecule has 0 bridgehead atoms. The molecule has 0 spiro atoms. The first kappa shape index (κ1) is 16.5. The summed E-state index contributed by atoms with van der Waals surface area (Å²) in [6.07, 6.45) is 5.85. The molecule has 1 aromatic carbocycles. The maximum Gasteiger partial charge on any atom is 0.227 e. The van der Waals surface area contributed by atoms with Crippen molar-refractivity contribution in [2.24, 2.45) is 5.92 Å². The second-order valence-corrected chi connectivity index (χ2v) is 7.10. The maximum atomic E-state index is 12.5. The van der Waals surface area contributed by atoms with E-state index >= 15 is 0 Å². The van der Waals surface area contributed by atoms with Gasteiger partial charge in [-0.1, -0.05) is 18.6 Å². The number of hydrogen-bond donors (Lipinski definition) is 2. The number of likely N-dealkylation sites (tertiary alicyclic amines) is 1. The molecular weight excluding hydrogens is 286 g/mol. The molecule has 1 aromatic rings. The lowest BCUT2D eigenvalue weighted by molar-refractivity contribution is -0.120. The molecule has 2 saturated heterocycles. The van der Waals surface area contributed by atoms with Gasteiger partial charge in [0.25, 0.3) is 0 Å². The number of nitrogens with one attached hydrogen (secondary N) is 2. The Labute approximate surface area is 139 Å². The molecule has 3 rings (SSSR count). The molecule has 4 heteroatoms. The number of anilines is 1. The smallest absolute Gasteiger partial charge is 0.227 e. The SMILES string of the molecule is C[C@H]1C[C@@H](C(=O)Nc2cccc(CN3CCCCC3)c2)CCN1. The van der Waals surface area contributed by atoms with Crippen LogP contribution >= 0.6 is 0 Å². The highest BCUT2D eigenvalue weighted by molar-refractivity contribution is 5.92. The van der Waals surface area contributed by atoms with Crippen molar-refractivity contribution in [1.82, 2.24) is 10.2 Å². The van der Waals surface area contributed by atoms with Crippen molar-refractivity contribution in [3.8, 4) is 0 Å². The Bertz CT molecular complexity index is 525. The summed E-state index contributed by atoms with van der Waals surface area (Å²) in [5, 5.41) is 6.52. The van der Waals surface area contributed by atoms with Crippen LogP contribution in [0.25, 0.3) is 0 Å². The van der Waals surface area contributed by atoms with Crippen LogP contribution in [-0.4, -0.2) is 36.5 Å². The lowest BCUT2D eigenvalue weighted by atomic mass is 9.92. The van der Waals surface area contributed by atoms with Gasteiger partial charge in [-0.05, 0) is 69.9 Å². The van der Waals surface area contributed by atoms with E-state index in [4.69, 9.17) is 0 Å². The third kappa shape index (κ3) is 4.79. The van der Waals surface area contributed by atoms with Crippen molar-refractivity contribution in [2.45, 2.75) is 51.6 Å². The van der Waals surface area contributed by atoms with Gasteiger partial charge in [-0.15, -0.1) is 0 Å². The molecule has 0 aliphatic carbocycles. The van der Waals surface area contributed by atoms with E-state index in [0.717, 1.165) is 31.6 Å². The third-order valence-corrected chi connectivity index (χ3v) is 5.04. The van der Waals surface area contributed by atoms with Crippen molar-refractivity contribution in [2.75, 3.05) is 25.0 Å². The van der Waals surface area contributed by atoms with Crippen LogP contribution < -0.4 is 10.6 Å². The van der Waals surface area contributed by atoms with E-state index in [1.54, 1.807) is 0 Å². The molecule has 1 amide bonds. The molecular formula is C19H29N3O. The standard InChI is InChI=1S/C19H29N3O/c1-15-12-17(8-9-20-15)19(23)21-18-7-5-6-16(13-18)14-22-10-3-2-4-11-22/h5-7,13,15,17,20H,2-4,8-12,14H2,1H3,(H,21,23)/t15-,17-/m0/s1. The first-order valence-electron chi connectivity index (χ1n) is 9.06. The van der Waals surface area contributed by atoms with Crippen molar-refractivity contribution < 1.29 is 4.79 Å². The summed E-state index contributed by atoms with van der Waals surface area (Å²) in [7, 11) is 0. The molecule has 2 fully saturated rings. The summed E-state index contributed by atoms with van der Waals surface area (Å²) in [4.78, 5) is 15.0. The van der Waals surface area contributed by atoms with Crippen LogP contribution in [0, 0.1) is 5.92 Å². The van der Waals surface area contributed by atoms with E-state index in [-0.39, 0.29) is 11.8 Å². The highest BCUT2D eigenvalue weighted by Gasteiger charge is 2.24. The fourth-order valence-electron chi connectivity index (χ4n) is 3.74. The van der Waals surface area contributed by atoms with Crippen molar-refractivity contribution in [3.05, 3.63) is 29.8 Å². The van der Waals surface area contributed by atoms with Gasteiger partial charge >= 0.3 is 0 Å². The number of benzene rings is 1. The zero-order valence-corrected chi connectivity index (χ0v) is 14.2. The average Bonchev–Trinajstić information content (AvgIpc) is 2.56. The number of hydrogen-bond acceptors (Lipinski definition) is 3. The molecule has 0 unspecified atom stereocenters. The number of amides is 1. The van der Waals surface area contributed by atoms with Gasteiger partial charge in [0, 0.05) is 24.2 Å². The largest absolute Gasteiger partial charge is 0.326 e. The number of piperidine rings is 2. The van der Waals surface area contributed by atoms with Gasteiger partial charge in [-0.2, -0.15) is 0 Å².